The molecule has 5 heteroatoms. The number of hydrogen-bond donors (Lipinski definition) is 2. The maximum atomic E-state index is 5.99. The SMILES string of the molecule is I.NC(=NCc1cc2ccccc2o1)Nc1ccc2c(c1)CCC2. The summed E-state index contributed by atoms with van der Waals surface area (Å²) in [4.78, 5) is 4.37. The number of aliphatic imine (C=N–C) groups is 1. The van der Waals surface area contributed by atoms with E-state index < -0.39 is 0 Å². The summed E-state index contributed by atoms with van der Waals surface area (Å²) in [6.07, 6.45) is 3.58. The van der Waals surface area contributed by atoms with Gasteiger partial charge in [-0.25, -0.2) is 4.99 Å². The van der Waals surface area contributed by atoms with Crippen molar-refractivity contribution in [1.82, 2.24) is 0 Å². The van der Waals surface area contributed by atoms with Gasteiger partial charge in [-0.3, -0.25) is 0 Å². The Hall–Kier alpha value is -2.02. The molecule has 24 heavy (non-hydrogen) atoms. The Kier molecular flexibility index (Phi) is 5.08. The second-order valence-corrected chi connectivity index (χ2v) is 5.91. The third-order valence-corrected chi connectivity index (χ3v) is 4.25. The van der Waals surface area contributed by atoms with Crippen LogP contribution in [-0.2, 0) is 19.4 Å². The number of rotatable bonds is 3. The quantitative estimate of drug-likeness (QED) is 0.364. The van der Waals surface area contributed by atoms with E-state index in [2.05, 4.69) is 28.5 Å². The van der Waals surface area contributed by atoms with Gasteiger partial charge in [0.05, 0.1) is 0 Å². The number of nitrogens with two attached hydrogens (primary N) is 1. The van der Waals surface area contributed by atoms with Gasteiger partial charge in [-0.15, -0.1) is 24.0 Å². The van der Waals surface area contributed by atoms with Crippen molar-refractivity contribution in [3.05, 3.63) is 65.4 Å². The molecule has 0 aliphatic heterocycles. The lowest BCUT2D eigenvalue weighted by Crippen LogP contribution is -2.22. The topological polar surface area (TPSA) is 63.5 Å². The fourth-order valence-electron chi connectivity index (χ4n) is 3.11. The number of hydrogen-bond acceptors (Lipinski definition) is 2. The zero-order chi connectivity index (χ0) is 15.6. The molecule has 0 saturated carbocycles. The Bertz CT molecular complexity index is 852. The molecule has 1 aliphatic carbocycles. The van der Waals surface area contributed by atoms with Crippen LogP contribution >= 0.6 is 24.0 Å². The van der Waals surface area contributed by atoms with Crippen molar-refractivity contribution in [1.29, 1.82) is 0 Å². The molecule has 3 N–H and O–H groups in total. The minimum atomic E-state index is 0. The Labute approximate surface area is 158 Å². The van der Waals surface area contributed by atoms with Crippen molar-refractivity contribution in [3.63, 3.8) is 0 Å². The molecule has 0 bridgehead atoms. The number of nitrogens with one attached hydrogen (secondary N) is 1. The van der Waals surface area contributed by atoms with Crippen LogP contribution in [0.15, 0.2) is 57.9 Å². The summed E-state index contributed by atoms with van der Waals surface area (Å²) in [5.41, 5.74) is 10.7. The molecule has 1 heterocycles. The number of fused-ring (bicyclic) bond motifs is 2. The summed E-state index contributed by atoms with van der Waals surface area (Å²) in [5.74, 6) is 1.22. The van der Waals surface area contributed by atoms with Crippen LogP contribution in [0.3, 0.4) is 0 Å². The lowest BCUT2D eigenvalue weighted by atomic mass is 10.1. The second-order valence-electron chi connectivity index (χ2n) is 5.91. The smallest absolute Gasteiger partial charge is 0.193 e. The summed E-state index contributed by atoms with van der Waals surface area (Å²) in [7, 11) is 0. The Morgan fingerprint density at radius 2 is 1.92 bits per heavy atom. The molecule has 4 rings (SSSR count). The highest BCUT2D eigenvalue weighted by atomic mass is 127. The second kappa shape index (κ2) is 7.25. The van der Waals surface area contributed by atoms with Gasteiger partial charge < -0.3 is 15.5 Å². The monoisotopic (exact) mass is 433 g/mol. The molecule has 4 nitrogen and oxygen atoms in total. The fraction of sp³-hybridized carbons (Fsp3) is 0.211. The molecule has 0 atom stereocenters. The first kappa shape index (κ1) is 16.8. The number of nitrogens with zero attached hydrogens (tertiary/aromatic N) is 1. The standard InChI is InChI=1S/C19H19N3O.HI/c20-19(22-16-9-8-13-5-3-6-14(13)10-16)21-12-17-11-15-4-1-2-7-18(15)23-17;/h1-2,4,7-11H,3,5-6,12H2,(H3,20,21,22);1H. The number of para-hydroxylation sites is 1. The molecule has 0 saturated heterocycles. The minimum Gasteiger partial charge on any atom is -0.459 e. The normalized spacial score (nSPS) is 13.6. The lowest BCUT2D eigenvalue weighted by Gasteiger charge is -2.07. The van der Waals surface area contributed by atoms with Gasteiger partial charge in [0.25, 0.3) is 0 Å². The van der Waals surface area contributed by atoms with Gasteiger partial charge in [-0.2, -0.15) is 0 Å². The van der Waals surface area contributed by atoms with Gasteiger partial charge in [0.2, 0.25) is 0 Å². The molecule has 0 fully saturated rings. The van der Waals surface area contributed by atoms with Crippen LogP contribution in [0.4, 0.5) is 5.69 Å². The zero-order valence-corrected chi connectivity index (χ0v) is 15.6. The molecule has 124 valence electrons. The number of aryl methyl sites for hydroxylation is 2. The molecule has 0 amide bonds. The van der Waals surface area contributed by atoms with Gasteiger partial charge in [-0.1, -0.05) is 24.3 Å². The minimum absolute atomic E-state index is 0. The maximum Gasteiger partial charge on any atom is 0.193 e. The maximum absolute atomic E-state index is 5.99. The van der Waals surface area contributed by atoms with Gasteiger partial charge in [-0.05, 0) is 54.7 Å². The Balaban J connectivity index is 0.00000169. The van der Waals surface area contributed by atoms with Crippen LogP contribution in [0.2, 0.25) is 0 Å². The van der Waals surface area contributed by atoms with Gasteiger partial charge in [0.15, 0.2) is 5.96 Å². The highest BCUT2D eigenvalue weighted by molar-refractivity contribution is 14.0. The highest BCUT2D eigenvalue weighted by Gasteiger charge is 2.11. The predicted molar refractivity (Wildman–Crippen MR) is 109 cm³/mol. The van der Waals surface area contributed by atoms with Crippen molar-refractivity contribution in [2.75, 3.05) is 5.32 Å². The molecule has 0 radical (unpaired) electrons. The van der Waals surface area contributed by atoms with E-state index in [-0.39, 0.29) is 24.0 Å². The number of benzene rings is 2. The van der Waals surface area contributed by atoms with E-state index in [9.17, 15) is 0 Å². The van der Waals surface area contributed by atoms with Crippen molar-refractivity contribution >= 4 is 46.6 Å². The lowest BCUT2D eigenvalue weighted by molar-refractivity contribution is 0.553. The van der Waals surface area contributed by atoms with Crippen molar-refractivity contribution in [3.8, 4) is 0 Å². The molecule has 1 aromatic heterocycles. The van der Waals surface area contributed by atoms with Crippen LogP contribution in [0.5, 0.6) is 0 Å². The summed E-state index contributed by atoms with van der Waals surface area (Å²) < 4.78 is 5.74. The molecule has 0 unspecified atom stereocenters. The van der Waals surface area contributed by atoms with E-state index in [1.54, 1.807) is 0 Å². The van der Waals surface area contributed by atoms with Gasteiger partial charge >= 0.3 is 0 Å². The molecule has 0 spiro atoms. The third-order valence-electron chi connectivity index (χ3n) is 4.25. The number of halogens is 1. The van der Waals surface area contributed by atoms with Gasteiger partial charge in [0, 0.05) is 11.1 Å². The summed E-state index contributed by atoms with van der Waals surface area (Å²) in [6.45, 7) is 0.429. The van der Waals surface area contributed by atoms with E-state index in [0.29, 0.717) is 12.5 Å². The van der Waals surface area contributed by atoms with Crippen LogP contribution in [-0.4, -0.2) is 5.96 Å². The van der Waals surface area contributed by atoms with Crippen molar-refractivity contribution in [2.24, 2.45) is 10.7 Å². The fourth-order valence-corrected chi connectivity index (χ4v) is 3.11. The van der Waals surface area contributed by atoms with E-state index in [1.807, 2.05) is 30.3 Å². The van der Waals surface area contributed by atoms with E-state index >= 15 is 0 Å². The molecular weight excluding hydrogens is 413 g/mol. The first-order valence-electron chi connectivity index (χ1n) is 7.94. The summed E-state index contributed by atoms with van der Waals surface area (Å²) >= 11 is 0. The van der Waals surface area contributed by atoms with Crippen molar-refractivity contribution < 1.29 is 4.42 Å². The van der Waals surface area contributed by atoms with Crippen LogP contribution in [0, 0.1) is 0 Å². The molecular formula is C19H20IN3O. The van der Waals surface area contributed by atoms with Crippen LogP contribution < -0.4 is 11.1 Å². The molecule has 1 aliphatic rings. The molecule has 3 aromatic rings. The number of furan rings is 1. The van der Waals surface area contributed by atoms with E-state index in [4.69, 9.17) is 10.2 Å². The van der Waals surface area contributed by atoms with E-state index in [1.165, 1.54) is 24.0 Å². The number of anilines is 1. The Morgan fingerprint density at radius 3 is 2.79 bits per heavy atom. The third kappa shape index (κ3) is 3.56. The first-order valence-corrected chi connectivity index (χ1v) is 7.94. The molecule has 2 aromatic carbocycles. The Morgan fingerprint density at radius 1 is 1.08 bits per heavy atom. The predicted octanol–water partition coefficient (Wildman–Crippen LogP) is 4.47. The average Bonchev–Trinajstić information content (AvgIpc) is 3.18. The van der Waals surface area contributed by atoms with Crippen LogP contribution in [0.1, 0.15) is 23.3 Å². The first-order chi connectivity index (χ1) is 11.3. The largest absolute Gasteiger partial charge is 0.459 e. The summed E-state index contributed by atoms with van der Waals surface area (Å²) in [5, 5.41) is 4.25. The van der Waals surface area contributed by atoms with Crippen LogP contribution in [0.25, 0.3) is 11.0 Å². The average molecular weight is 433 g/mol. The summed E-state index contributed by atoms with van der Waals surface area (Å²) in [6, 6.07) is 16.3. The highest BCUT2D eigenvalue weighted by Crippen LogP contribution is 2.25. The zero-order valence-electron chi connectivity index (χ0n) is 13.3. The number of guanidine groups is 1. The van der Waals surface area contributed by atoms with Gasteiger partial charge in [0.1, 0.15) is 17.9 Å². The van der Waals surface area contributed by atoms with E-state index in [0.717, 1.165) is 28.8 Å². The van der Waals surface area contributed by atoms with Crippen molar-refractivity contribution in [2.45, 2.75) is 25.8 Å².